The zero-order valence-electron chi connectivity index (χ0n) is 33.2. The molecule has 2 nitrogen and oxygen atoms in total. The summed E-state index contributed by atoms with van der Waals surface area (Å²) < 4.78 is 2.47. The molecule has 0 spiro atoms. The summed E-state index contributed by atoms with van der Waals surface area (Å²) in [6.45, 7) is 0. The van der Waals surface area contributed by atoms with Gasteiger partial charge in [0.15, 0.2) is 0 Å². The van der Waals surface area contributed by atoms with Crippen LogP contribution in [0.25, 0.3) is 77.9 Å². The van der Waals surface area contributed by atoms with Crippen molar-refractivity contribution in [2.75, 3.05) is 4.90 Å². The number of fused-ring (bicyclic) bond motifs is 5. The number of hydrogen-bond acceptors (Lipinski definition) is 1. The third kappa shape index (κ3) is 6.31. The molecule has 284 valence electrons. The SMILES string of the molecule is C1=Cc2c(c3c4ccccc4ccc3n2-c2ccc(-c3c(-c4ccccc4)cccc3N(c3ccc(-c4ccccc4)cc3)c3cccc(-c4ccccc4)c3)cc2)CC1. The first-order valence-electron chi connectivity index (χ1n) is 20.9. The molecule has 0 aliphatic heterocycles. The van der Waals surface area contributed by atoms with Crippen LogP contribution in [0.4, 0.5) is 17.1 Å². The van der Waals surface area contributed by atoms with Crippen LogP contribution in [0.1, 0.15) is 17.7 Å². The minimum absolute atomic E-state index is 1.04. The Morgan fingerprint density at radius 3 is 1.80 bits per heavy atom. The van der Waals surface area contributed by atoms with Crippen LogP contribution in [0.3, 0.4) is 0 Å². The van der Waals surface area contributed by atoms with Gasteiger partial charge in [0.25, 0.3) is 0 Å². The molecule has 1 aliphatic rings. The third-order valence-corrected chi connectivity index (χ3v) is 12.1. The van der Waals surface area contributed by atoms with Crippen molar-refractivity contribution in [3.8, 4) is 50.2 Å². The summed E-state index contributed by atoms with van der Waals surface area (Å²) >= 11 is 0. The highest BCUT2D eigenvalue weighted by atomic mass is 15.1. The molecule has 0 saturated heterocycles. The maximum absolute atomic E-state index is 2.47. The number of nitrogens with zero attached hydrogens (tertiary/aromatic N) is 2. The lowest BCUT2D eigenvalue weighted by Crippen LogP contribution is -2.12. The Bertz CT molecular complexity index is 3160. The van der Waals surface area contributed by atoms with Gasteiger partial charge < -0.3 is 9.47 Å². The second-order valence-electron chi connectivity index (χ2n) is 15.6. The fraction of sp³-hybridized carbons (Fsp3) is 0.0345. The van der Waals surface area contributed by atoms with Gasteiger partial charge in [-0.05, 0) is 123 Å². The first-order chi connectivity index (χ1) is 29.8. The van der Waals surface area contributed by atoms with E-state index in [1.165, 1.54) is 71.9 Å². The number of anilines is 3. The molecule has 0 unspecified atom stereocenters. The Kier molecular flexibility index (Phi) is 9.02. The lowest BCUT2D eigenvalue weighted by Gasteiger charge is -2.30. The summed E-state index contributed by atoms with van der Waals surface area (Å²) in [6.07, 6.45) is 6.76. The van der Waals surface area contributed by atoms with Gasteiger partial charge in [-0.1, -0.05) is 176 Å². The number of benzene rings is 9. The van der Waals surface area contributed by atoms with Gasteiger partial charge in [0.2, 0.25) is 0 Å². The van der Waals surface area contributed by atoms with Crippen molar-refractivity contribution in [1.82, 2.24) is 4.57 Å². The van der Waals surface area contributed by atoms with Crippen molar-refractivity contribution in [2.45, 2.75) is 12.8 Å². The summed E-state index contributed by atoms with van der Waals surface area (Å²) in [5, 5.41) is 3.99. The van der Waals surface area contributed by atoms with Crippen LogP contribution in [0.15, 0.2) is 224 Å². The molecule has 1 aliphatic carbocycles. The highest BCUT2D eigenvalue weighted by Gasteiger charge is 2.23. The molecule has 60 heavy (non-hydrogen) atoms. The maximum atomic E-state index is 2.47. The molecule has 2 heteroatoms. The van der Waals surface area contributed by atoms with Gasteiger partial charge in [0, 0.05) is 33.7 Å². The summed E-state index contributed by atoms with van der Waals surface area (Å²) in [6, 6.07) is 79.5. The van der Waals surface area contributed by atoms with E-state index in [0.717, 1.165) is 41.2 Å². The van der Waals surface area contributed by atoms with Crippen LogP contribution in [-0.2, 0) is 6.42 Å². The van der Waals surface area contributed by atoms with Gasteiger partial charge in [0.05, 0.1) is 11.2 Å². The van der Waals surface area contributed by atoms with Crippen LogP contribution < -0.4 is 4.90 Å². The number of hydrogen-bond donors (Lipinski definition) is 0. The first kappa shape index (κ1) is 35.5. The fourth-order valence-corrected chi connectivity index (χ4v) is 9.27. The maximum Gasteiger partial charge on any atom is 0.0546 e. The number of rotatable bonds is 8. The highest BCUT2D eigenvalue weighted by molar-refractivity contribution is 6.10. The van der Waals surface area contributed by atoms with Crippen LogP contribution in [0.5, 0.6) is 0 Å². The molecule has 1 aromatic heterocycles. The van der Waals surface area contributed by atoms with Gasteiger partial charge >= 0.3 is 0 Å². The van der Waals surface area contributed by atoms with Gasteiger partial charge in [0.1, 0.15) is 0 Å². The smallest absolute Gasteiger partial charge is 0.0546 e. The Balaban J connectivity index is 1.11. The van der Waals surface area contributed by atoms with Crippen molar-refractivity contribution < 1.29 is 0 Å². The molecule has 0 N–H and O–H groups in total. The van der Waals surface area contributed by atoms with E-state index >= 15 is 0 Å². The van der Waals surface area contributed by atoms with E-state index in [2.05, 4.69) is 240 Å². The van der Waals surface area contributed by atoms with Gasteiger partial charge in [-0.15, -0.1) is 0 Å². The zero-order valence-corrected chi connectivity index (χ0v) is 33.2. The molecule has 11 rings (SSSR count). The molecule has 0 bridgehead atoms. The van der Waals surface area contributed by atoms with Crippen molar-refractivity contribution >= 4 is 44.8 Å². The fourth-order valence-electron chi connectivity index (χ4n) is 9.27. The van der Waals surface area contributed by atoms with E-state index in [0.29, 0.717) is 0 Å². The van der Waals surface area contributed by atoms with E-state index < -0.39 is 0 Å². The topological polar surface area (TPSA) is 8.17 Å². The molecule has 0 atom stereocenters. The molecular formula is C58H42N2. The quantitative estimate of drug-likeness (QED) is 0.150. The Labute approximate surface area is 351 Å². The predicted octanol–water partition coefficient (Wildman–Crippen LogP) is 15.9. The number of aromatic nitrogens is 1. The molecule has 0 saturated carbocycles. The minimum Gasteiger partial charge on any atom is -0.310 e. The molecule has 0 fully saturated rings. The number of aryl methyl sites for hydroxylation is 1. The second-order valence-corrected chi connectivity index (χ2v) is 15.6. The van der Waals surface area contributed by atoms with Gasteiger partial charge in [-0.3, -0.25) is 0 Å². The minimum atomic E-state index is 1.04. The standard InChI is InChI=1S/C58H42N2/c1-4-16-41(17-5-1)43-30-35-48(36-31-43)59(50-24-14-23-47(40-50)42-18-6-2-7-19-42)55-29-15-27-51(44-20-8-3-9-21-44)57(55)46-32-37-49(38-33-46)60-54-28-13-12-26-53(54)58-52-25-11-10-22-45(52)34-39-56(58)60/h1-11,13-25,27-40H,12,26H2. The summed E-state index contributed by atoms with van der Waals surface area (Å²) in [7, 11) is 0. The third-order valence-electron chi connectivity index (χ3n) is 12.1. The Hall–Kier alpha value is -7.68. The van der Waals surface area contributed by atoms with Gasteiger partial charge in [-0.25, -0.2) is 0 Å². The van der Waals surface area contributed by atoms with Crippen molar-refractivity contribution in [2.24, 2.45) is 0 Å². The lowest BCUT2D eigenvalue weighted by molar-refractivity contribution is 0.968. The monoisotopic (exact) mass is 766 g/mol. The highest BCUT2D eigenvalue weighted by Crippen LogP contribution is 2.47. The summed E-state index contributed by atoms with van der Waals surface area (Å²) in [5.41, 5.74) is 17.9. The van der Waals surface area contributed by atoms with Crippen LogP contribution >= 0.6 is 0 Å². The normalized spacial score (nSPS) is 12.1. The molecule has 0 radical (unpaired) electrons. The molecule has 1 heterocycles. The van der Waals surface area contributed by atoms with Crippen molar-refractivity contribution in [3.05, 3.63) is 236 Å². The van der Waals surface area contributed by atoms with E-state index in [4.69, 9.17) is 0 Å². The molecule has 10 aromatic rings. The Morgan fingerprint density at radius 1 is 0.433 bits per heavy atom. The number of allylic oxidation sites excluding steroid dienone is 1. The molecule has 9 aromatic carbocycles. The molecule has 0 amide bonds. The van der Waals surface area contributed by atoms with Crippen LogP contribution in [0, 0.1) is 0 Å². The van der Waals surface area contributed by atoms with E-state index in [1.54, 1.807) is 0 Å². The van der Waals surface area contributed by atoms with E-state index in [9.17, 15) is 0 Å². The van der Waals surface area contributed by atoms with E-state index in [-0.39, 0.29) is 0 Å². The predicted molar refractivity (Wildman–Crippen MR) is 255 cm³/mol. The average Bonchev–Trinajstić information content (AvgIpc) is 3.68. The van der Waals surface area contributed by atoms with Crippen molar-refractivity contribution in [3.63, 3.8) is 0 Å². The molecular weight excluding hydrogens is 725 g/mol. The Morgan fingerprint density at radius 2 is 1.05 bits per heavy atom. The van der Waals surface area contributed by atoms with E-state index in [1.807, 2.05) is 0 Å². The van der Waals surface area contributed by atoms with Gasteiger partial charge in [-0.2, -0.15) is 0 Å². The van der Waals surface area contributed by atoms with Crippen LogP contribution in [-0.4, -0.2) is 4.57 Å². The average molecular weight is 767 g/mol. The van der Waals surface area contributed by atoms with Crippen LogP contribution in [0.2, 0.25) is 0 Å². The summed E-state index contributed by atoms with van der Waals surface area (Å²) in [4.78, 5) is 2.43. The zero-order chi connectivity index (χ0) is 39.8. The second kappa shape index (κ2) is 15.2. The van der Waals surface area contributed by atoms with Crippen molar-refractivity contribution in [1.29, 1.82) is 0 Å². The lowest BCUT2D eigenvalue weighted by atomic mass is 9.91. The largest absolute Gasteiger partial charge is 0.310 e. The first-order valence-corrected chi connectivity index (χ1v) is 20.9. The summed E-state index contributed by atoms with van der Waals surface area (Å²) in [5.74, 6) is 0.